The van der Waals surface area contributed by atoms with Gasteiger partial charge in [0.2, 0.25) is 0 Å². The molecule has 0 N–H and O–H groups in total. The van der Waals surface area contributed by atoms with Crippen molar-refractivity contribution in [3.05, 3.63) is 269 Å². The predicted molar refractivity (Wildman–Crippen MR) is 234 cm³/mol. The third-order valence-corrected chi connectivity index (χ3v) is 8.99. The molecule has 15 heteroatoms. The molecule has 0 bridgehead atoms. The topological polar surface area (TPSA) is 135 Å². The van der Waals surface area contributed by atoms with Crippen molar-refractivity contribution in [1.29, 1.82) is 0 Å². The zero-order valence-corrected chi connectivity index (χ0v) is 47.8. The second-order valence-corrected chi connectivity index (χ2v) is 12.9. The van der Waals surface area contributed by atoms with Gasteiger partial charge in [0, 0.05) is 69.8 Å². The molecule has 326 valence electrons. The van der Waals surface area contributed by atoms with Crippen LogP contribution in [0.3, 0.4) is 0 Å². The van der Waals surface area contributed by atoms with Gasteiger partial charge in [0.05, 0.1) is 0 Å². The fourth-order valence-electron chi connectivity index (χ4n) is 4.13. The fraction of sp³-hybridized carbons (Fsp3) is 0. The molecule has 0 spiro atoms. The van der Waals surface area contributed by atoms with E-state index < -0.39 is 17.2 Å². The summed E-state index contributed by atoms with van der Waals surface area (Å²) in [6.07, 6.45) is 0. The minimum atomic E-state index is -2.00. The van der Waals surface area contributed by atoms with Crippen LogP contribution in [0, 0.1) is 50.9 Å². The summed E-state index contributed by atoms with van der Waals surface area (Å²) in [5.41, 5.74) is 0. The summed E-state index contributed by atoms with van der Waals surface area (Å²) in [6.45, 7) is 18.0. The van der Waals surface area contributed by atoms with Crippen molar-refractivity contribution in [3.8, 4) is 34.5 Å². The van der Waals surface area contributed by atoms with Crippen molar-refractivity contribution in [1.82, 2.24) is 0 Å². The molecule has 0 saturated carbocycles. The van der Waals surface area contributed by atoms with Crippen LogP contribution < -0.4 is 27.1 Å². The maximum Gasteiger partial charge on any atom is 0.528 e. The summed E-state index contributed by atoms with van der Waals surface area (Å²) in [7, 11) is -4.00. The van der Waals surface area contributed by atoms with Crippen molar-refractivity contribution in [2.75, 3.05) is 0 Å². The molecular formula is C50H38HgO10P2W2-4. The van der Waals surface area contributed by atoms with Crippen LogP contribution in [0.2, 0.25) is 0 Å². The van der Waals surface area contributed by atoms with Gasteiger partial charge in [0.1, 0.15) is 0 Å². The maximum absolute atomic E-state index is 7.50. The van der Waals surface area contributed by atoms with E-state index in [1.165, 1.54) is 0 Å². The summed E-state index contributed by atoms with van der Waals surface area (Å²) in [6, 6.07) is 79.2. The fourth-order valence-corrected chi connectivity index (χ4v) is 6.36. The Balaban J connectivity index is -0.000000835. The van der Waals surface area contributed by atoms with E-state index >= 15 is 0 Å². The number of rotatable bonds is 12. The van der Waals surface area contributed by atoms with Crippen LogP contribution in [0.4, 0.5) is 0 Å². The van der Waals surface area contributed by atoms with Crippen molar-refractivity contribution in [3.63, 3.8) is 0 Å². The van der Waals surface area contributed by atoms with Gasteiger partial charge in [-0.3, -0.25) is 27.1 Å². The Morgan fingerprint density at radius 3 is 0.631 bits per heavy atom. The van der Waals surface area contributed by atoms with Gasteiger partial charge in [-0.05, 0) is 72.8 Å². The van der Waals surface area contributed by atoms with Crippen molar-refractivity contribution in [2.24, 2.45) is 0 Å². The monoisotopic (exact) mass is 1430 g/mol. The molecule has 0 amide bonds. The zero-order valence-electron chi connectivity index (χ0n) is 34.4. The Morgan fingerprint density at radius 2 is 0.508 bits per heavy atom. The first-order valence-corrected chi connectivity index (χ1v) is 20.2. The average Bonchev–Trinajstić information content (AvgIpc) is 4.16. The molecule has 65 heavy (non-hydrogen) atoms. The van der Waals surface area contributed by atoms with E-state index in [0.717, 1.165) is 34.5 Å². The first-order chi connectivity index (χ1) is 30.8. The second kappa shape index (κ2) is 46.9. The normalized spacial score (nSPS) is 8.28. The van der Waals surface area contributed by atoms with E-state index in [2.05, 4.69) is 50.9 Å². The molecular weight excluding hydrogens is 1390 g/mol. The molecule has 0 aliphatic rings. The number of para-hydroxylation sites is 6. The van der Waals surface area contributed by atoms with E-state index in [-0.39, 0.29) is 69.8 Å². The largest absolute Gasteiger partial charge is 0.999 e. The third kappa shape index (κ3) is 32.3. The second-order valence-electron chi connectivity index (χ2n) is 10.6. The van der Waals surface area contributed by atoms with E-state index in [1.54, 1.807) is 6.07 Å². The van der Waals surface area contributed by atoms with Gasteiger partial charge in [-0.15, -0.1) is 0 Å². The summed E-state index contributed by atoms with van der Waals surface area (Å²) in [4.78, 5) is 0. The smallest absolute Gasteiger partial charge is 0.528 e. The minimum Gasteiger partial charge on any atom is -0.999 e. The Kier molecular flexibility index (Phi) is 46.4. The molecule has 0 unspecified atom stereocenters. The van der Waals surface area contributed by atoms with Crippen LogP contribution in [0.15, 0.2) is 218 Å². The molecule has 0 aromatic heterocycles. The van der Waals surface area contributed by atoms with Crippen LogP contribution in [0.5, 0.6) is 34.5 Å². The standard InChI is InChI=1S/2C18H16O3P.C5H5.C5H.4CO.Hg.2W/c2*1-4-10-16(11-5-1)19-22(20-17-12-6-2-7-13-17)21-18-14-8-3-9-15-18;2*1-2-4-5-3-1;4*1-2;;;/h2*1-15,22H;1-5H;1H;;;;;;;/q2*+1;-1;-5;;;;;;;. The molecule has 0 heterocycles. The van der Waals surface area contributed by atoms with Crippen LogP contribution in [-0.2, 0) is 88.4 Å². The van der Waals surface area contributed by atoms with Crippen LogP contribution in [0.1, 0.15) is 0 Å². The van der Waals surface area contributed by atoms with E-state index in [9.17, 15) is 0 Å². The molecule has 0 saturated heterocycles. The van der Waals surface area contributed by atoms with Crippen LogP contribution in [-0.4, -0.2) is 0 Å². The predicted octanol–water partition coefficient (Wildman–Crippen LogP) is 12.2. The van der Waals surface area contributed by atoms with E-state index in [0.29, 0.717) is 0 Å². The number of benzene rings is 6. The molecule has 0 aliphatic carbocycles. The summed E-state index contributed by atoms with van der Waals surface area (Å²) in [5.74, 6) is 4.35. The molecule has 0 fully saturated rings. The first-order valence-electron chi connectivity index (χ1n) is 17.7. The SMILES string of the molecule is [C-]#[O+].[C-]#[O+].[C-]#[O+].[C-]#[O+].[Hg].[W].[W].[c-]1[c-][c-][cH-][c-]1.c1cc[cH-]c1.c1ccc(O[PH+](Oc2ccccc2)Oc2ccccc2)cc1.c1ccc(O[PH+](Oc2ccccc2)Oc2ccccc2)cc1. The summed E-state index contributed by atoms with van der Waals surface area (Å²) in [5, 5.41) is 0. The van der Waals surface area contributed by atoms with E-state index in [1.807, 2.05) is 212 Å². The Labute approximate surface area is 432 Å². The molecule has 10 nitrogen and oxygen atoms in total. The van der Waals surface area contributed by atoms with Crippen LogP contribution in [0.25, 0.3) is 0 Å². The third-order valence-electron chi connectivity index (χ3n) is 6.57. The van der Waals surface area contributed by atoms with Gasteiger partial charge in [0.25, 0.3) is 0 Å². The maximum atomic E-state index is 7.50. The van der Waals surface area contributed by atoms with Crippen molar-refractivity contribution in [2.45, 2.75) is 0 Å². The van der Waals surface area contributed by atoms with Gasteiger partial charge in [-0.2, -0.15) is 18.2 Å². The average molecular weight is 1430 g/mol. The van der Waals surface area contributed by atoms with Gasteiger partial charge in [0.15, 0.2) is 34.5 Å². The van der Waals surface area contributed by atoms with Gasteiger partial charge in [-0.25, -0.2) is 12.1 Å². The van der Waals surface area contributed by atoms with Gasteiger partial charge < -0.3 is 30.3 Å². The Morgan fingerprint density at radius 1 is 0.323 bits per heavy atom. The molecule has 0 atom stereocenters. The molecule has 0 aliphatic heterocycles. The zero-order chi connectivity index (χ0) is 45.1. The number of hydrogen-bond acceptors (Lipinski definition) is 6. The number of hydrogen-bond donors (Lipinski definition) is 0. The molecule has 8 rings (SSSR count). The van der Waals surface area contributed by atoms with Gasteiger partial charge >= 0.3 is 62.4 Å². The first kappa shape index (κ1) is 64.2. The molecule has 8 aromatic rings. The van der Waals surface area contributed by atoms with Gasteiger partial charge in [-0.1, -0.05) is 109 Å². The molecule has 8 aromatic carbocycles. The Bertz CT molecular complexity index is 1820. The summed E-state index contributed by atoms with van der Waals surface area (Å²) >= 11 is 0. The van der Waals surface area contributed by atoms with Crippen molar-refractivity contribution < 1.29 is 116 Å². The summed E-state index contributed by atoms with van der Waals surface area (Å²) < 4.78 is 65.3. The van der Waals surface area contributed by atoms with E-state index in [4.69, 9.17) is 45.8 Å². The molecule has 0 radical (unpaired) electrons. The van der Waals surface area contributed by atoms with Crippen molar-refractivity contribution >= 4 is 17.2 Å². The minimum absolute atomic E-state index is 0. The quantitative estimate of drug-likeness (QED) is 0.0517. The van der Waals surface area contributed by atoms with Crippen LogP contribution >= 0.6 is 17.2 Å². The Hall–Kier alpha value is -5.05.